The van der Waals surface area contributed by atoms with Gasteiger partial charge in [0.25, 0.3) is 0 Å². The number of allylic oxidation sites excluding steroid dienone is 2. The average Bonchev–Trinajstić information content (AvgIpc) is 2.12. The molecule has 1 atom stereocenters. The van der Waals surface area contributed by atoms with Gasteiger partial charge < -0.3 is 8.85 Å². The van der Waals surface area contributed by atoms with Crippen molar-refractivity contribution in [2.24, 2.45) is 0 Å². The van der Waals surface area contributed by atoms with Crippen LogP contribution in [-0.2, 0) is 8.85 Å². The lowest BCUT2D eigenvalue weighted by Crippen LogP contribution is -2.41. The van der Waals surface area contributed by atoms with Gasteiger partial charge in [-0.25, -0.2) is 0 Å². The normalized spacial score (nSPS) is 28.6. The molecule has 0 bridgehead atoms. The Bertz CT molecular complexity index is 214. The van der Waals surface area contributed by atoms with Gasteiger partial charge in [0, 0.05) is 0 Å². The number of hydrogen-bond donors (Lipinski definition) is 0. The second-order valence-corrected chi connectivity index (χ2v) is 10.6. The molecule has 1 aliphatic rings. The first-order chi connectivity index (χ1) is 6.53. The lowest BCUT2D eigenvalue weighted by Gasteiger charge is -2.34. The molecule has 0 spiro atoms. The number of hydrogen-bond acceptors (Lipinski definition) is 2. The summed E-state index contributed by atoms with van der Waals surface area (Å²) in [5, 5.41) is 1.42. The maximum atomic E-state index is 5.99. The quantitative estimate of drug-likeness (QED) is 0.693. The molecule has 1 fully saturated rings. The van der Waals surface area contributed by atoms with Crippen LogP contribution in [-0.4, -0.2) is 24.4 Å². The SMILES string of the molecule is CC=C(C)[SiH2]OC1CCC[Si](C)(C)O1. The van der Waals surface area contributed by atoms with Gasteiger partial charge in [-0.2, -0.15) is 0 Å². The van der Waals surface area contributed by atoms with E-state index in [9.17, 15) is 0 Å². The Balaban J connectivity index is 2.31. The fourth-order valence-electron chi connectivity index (χ4n) is 1.59. The molecule has 0 aromatic rings. The van der Waals surface area contributed by atoms with Crippen LogP contribution < -0.4 is 0 Å². The van der Waals surface area contributed by atoms with Crippen LogP contribution in [0.1, 0.15) is 26.7 Å². The summed E-state index contributed by atoms with van der Waals surface area (Å²) < 4.78 is 11.8. The third-order valence-electron chi connectivity index (χ3n) is 2.66. The zero-order valence-electron chi connectivity index (χ0n) is 9.80. The number of rotatable bonds is 3. The summed E-state index contributed by atoms with van der Waals surface area (Å²) in [4.78, 5) is 0. The minimum Gasteiger partial charge on any atom is -0.395 e. The minimum atomic E-state index is -1.36. The predicted octanol–water partition coefficient (Wildman–Crippen LogP) is 2.35. The highest BCUT2D eigenvalue weighted by Crippen LogP contribution is 2.26. The Morgan fingerprint density at radius 2 is 2.29 bits per heavy atom. The van der Waals surface area contributed by atoms with Crippen LogP contribution in [0.3, 0.4) is 0 Å². The van der Waals surface area contributed by atoms with Crippen molar-refractivity contribution in [3.63, 3.8) is 0 Å². The van der Waals surface area contributed by atoms with Gasteiger partial charge in [-0.05, 0) is 45.8 Å². The van der Waals surface area contributed by atoms with E-state index in [4.69, 9.17) is 8.85 Å². The molecule has 14 heavy (non-hydrogen) atoms. The third kappa shape index (κ3) is 4.08. The second-order valence-electron chi connectivity index (χ2n) is 4.65. The maximum absolute atomic E-state index is 5.99. The van der Waals surface area contributed by atoms with Crippen molar-refractivity contribution in [3.05, 3.63) is 11.3 Å². The summed E-state index contributed by atoms with van der Waals surface area (Å²) in [7, 11) is -1.86. The maximum Gasteiger partial charge on any atom is 0.191 e. The fourth-order valence-corrected chi connectivity index (χ4v) is 4.65. The highest BCUT2D eigenvalue weighted by Gasteiger charge is 2.31. The zero-order chi connectivity index (χ0) is 10.6. The van der Waals surface area contributed by atoms with Crippen LogP contribution in [0, 0.1) is 0 Å². The van der Waals surface area contributed by atoms with Gasteiger partial charge in [0.2, 0.25) is 0 Å². The van der Waals surface area contributed by atoms with Gasteiger partial charge in [0.1, 0.15) is 6.29 Å². The average molecular weight is 230 g/mol. The van der Waals surface area contributed by atoms with Crippen molar-refractivity contribution in [1.82, 2.24) is 0 Å². The standard InChI is InChI=1S/C10H22O2Si2/c1-5-9(2)13-11-10-7-6-8-14(3,4)12-10/h5,10H,6-8,13H2,1-4H3. The molecule has 0 aromatic heterocycles. The molecule has 4 heteroatoms. The van der Waals surface area contributed by atoms with Gasteiger partial charge in [-0.15, -0.1) is 0 Å². The molecule has 82 valence electrons. The topological polar surface area (TPSA) is 18.5 Å². The first-order valence-corrected chi connectivity index (χ1v) is 9.85. The van der Waals surface area contributed by atoms with Gasteiger partial charge in [0.15, 0.2) is 18.1 Å². The smallest absolute Gasteiger partial charge is 0.191 e. The van der Waals surface area contributed by atoms with E-state index < -0.39 is 18.1 Å². The summed E-state index contributed by atoms with van der Waals surface area (Å²) in [5.41, 5.74) is 0. The molecule has 1 rings (SSSR count). The van der Waals surface area contributed by atoms with Crippen molar-refractivity contribution >= 4 is 18.1 Å². The van der Waals surface area contributed by atoms with Gasteiger partial charge in [-0.3, -0.25) is 0 Å². The van der Waals surface area contributed by atoms with E-state index in [-0.39, 0.29) is 6.29 Å². The van der Waals surface area contributed by atoms with E-state index in [2.05, 4.69) is 33.0 Å². The lowest BCUT2D eigenvalue weighted by molar-refractivity contribution is -0.0163. The molecule has 0 N–H and O–H groups in total. The second kappa shape index (κ2) is 5.25. The fraction of sp³-hybridized carbons (Fsp3) is 0.800. The highest BCUT2D eigenvalue weighted by molar-refractivity contribution is 6.71. The molecular weight excluding hydrogens is 208 g/mol. The van der Waals surface area contributed by atoms with E-state index in [0.29, 0.717) is 0 Å². The molecule has 1 unspecified atom stereocenters. The summed E-state index contributed by atoms with van der Waals surface area (Å²) >= 11 is 0. The molecule has 0 radical (unpaired) electrons. The molecule has 0 amide bonds. The molecule has 0 saturated carbocycles. The van der Waals surface area contributed by atoms with Gasteiger partial charge >= 0.3 is 0 Å². The highest BCUT2D eigenvalue weighted by atomic mass is 28.4. The summed E-state index contributed by atoms with van der Waals surface area (Å²) in [6.45, 7) is 8.79. The van der Waals surface area contributed by atoms with Crippen LogP contribution in [0.2, 0.25) is 19.1 Å². The van der Waals surface area contributed by atoms with Gasteiger partial charge in [-0.1, -0.05) is 11.3 Å². The van der Waals surface area contributed by atoms with E-state index in [1.807, 2.05) is 0 Å². The van der Waals surface area contributed by atoms with E-state index in [1.54, 1.807) is 0 Å². The molecule has 0 aromatic carbocycles. The molecular formula is C10H22O2Si2. The van der Waals surface area contributed by atoms with Crippen molar-refractivity contribution in [1.29, 1.82) is 0 Å². The van der Waals surface area contributed by atoms with Crippen LogP contribution in [0.4, 0.5) is 0 Å². The van der Waals surface area contributed by atoms with E-state index >= 15 is 0 Å². The largest absolute Gasteiger partial charge is 0.395 e. The third-order valence-corrected chi connectivity index (χ3v) is 6.52. The summed E-state index contributed by atoms with van der Waals surface area (Å²) in [6, 6.07) is 1.29. The summed E-state index contributed by atoms with van der Waals surface area (Å²) in [5.74, 6) is 0. The van der Waals surface area contributed by atoms with Crippen LogP contribution in [0.25, 0.3) is 0 Å². The van der Waals surface area contributed by atoms with Crippen molar-refractivity contribution in [3.8, 4) is 0 Å². The van der Waals surface area contributed by atoms with E-state index in [0.717, 1.165) is 6.42 Å². The Morgan fingerprint density at radius 1 is 1.57 bits per heavy atom. The Kier molecular flexibility index (Phi) is 4.56. The Labute approximate surface area is 90.8 Å². The summed E-state index contributed by atoms with van der Waals surface area (Å²) in [6.07, 6.45) is 4.65. The van der Waals surface area contributed by atoms with Crippen LogP contribution in [0.5, 0.6) is 0 Å². The molecule has 1 heterocycles. The first-order valence-electron chi connectivity index (χ1n) is 5.45. The van der Waals surface area contributed by atoms with Crippen LogP contribution in [0.15, 0.2) is 11.3 Å². The van der Waals surface area contributed by atoms with E-state index in [1.165, 1.54) is 17.7 Å². The zero-order valence-corrected chi connectivity index (χ0v) is 12.2. The minimum absolute atomic E-state index is 0.118. The molecule has 2 nitrogen and oxygen atoms in total. The molecule has 1 aliphatic heterocycles. The monoisotopic (exact) mass is 230 g/mol. The van der Waals surface area contributed by atoms with Crippen molar-refractivity contribution < 1.29 is 8.85 Å². The molecule has 0 aliphatic carbocycles. The van der Waals surface area contributed by atoms with Gasteiger partial charge in [0.05, 0.1) is 0 Å². The molecule has 1 saturated heterocycles. The van der Waals surface area contributed by atoms with Crippen molar-refractivity contribution in [2.75, 3.05) is 0 Å². The first kappa shape index (κ1) is 12.2. The Hall–Kier alpha value is 0.0938. The van der Waals surface area contributed by atoms with Crippen LogP contribution >= 0.6 is 0 Å². The predicted molar refractivity (Wildman–Crippen MR) is 65.5 cm³/mol. The lowest BCUT2D eigenvalue weighted by atomic mass is 10.3. The van der Waals surface area contributed by atoms with Crippen molar-refractivity contribution in [2.45, 2.75) is 52.1 Å². The Morgan fingerprint density at radius 3 is 2.86 bits per heavy atom.